The lowest BCUT2D eigenvalue weighted by atomic mass is 10.1. The molecule has 1 heterocycles. The Labute approximate surface area is 84.0 Å². The summed E-state index contributed by atoms with van der Waals surface area (Å²) in [6.45, 7) is 3.80. The molecule has 1 aliphatic rings. The Morgan fingerprint density at radius 1 is 1.79 bits per heavy atom. The lowest BCUT2D eigenvalue weighted by Crippen LogP contribution is -2.23. The summed E-state index contributed by atoms with van der Waals surface area (Å²) in [7, 11) is 0. The highest BCUT2D eigenvalue weighted by Gasteiger charge is 2.23. The number of nitriles is 1. The highest BCUT2D eigenvalue weighted by atomic mass is 19.1. The van der Waals surface area contributed by atoms with Crippen molar-refractivity contribution in [3.63, 3.8) is 0 Å². The standard InChI is InChI=1S/C10H16FN3/c1-2-4-13-7-9(11)8-3-5-14-10(8)6-12/h10,13-14H,2-5,7H2,1H3/b9-8-. The average molecular weight is 197 g/mol. The van der Waals surface area contributed by atoms with Crippen molar-refractivity contribution in [2.75, 3.05) is 19.6 Å². The first-order chi connectivity index (χ1) is 6.79. The van der Waals surface area contributed by atoms with Crippen molar-refractivity contribution in [3.8, 4) is 6.07 Å². The Hall–Kier alpha value is -0.920. The third-order valence-corrected chi connectivity index (χ3v) is 2.28. The van der Waals surface area contributed by atoms with Gasteiger partial charge < -0.3 is 5.32 Å². The van der Waals surface area contributed by atoms with Gasteiger partial charge in [-0.3, -0.25) is 5.32 Å². The van der Waals surface area contributed by atoms with Crippen molar-refractivity contribution in [2.24, 2.45) is 0 Å². The van der Waals surface area contributed by atoms with Crippen molar-refractivity contribution >= 4 is 0 Å². The van der Waals surface area contributed by atoms with Crippen LogP contribution in [-0.4, -0.2) is 25.7 Å². The van der Waals surface area contributed by atoms with Gasteiger partial charge in [-0.25, -0.2) is 4.39 Å². The summed E-state index contributed by atoms with van der Waals surface area (Å²) < 4.78 is 13.5. The molecule has 0 spiro atoms. The van der Waals surface area contributed by atoms with E-state index in [9.17, 15) is 4.39 Å². The van der Waals surface area contributed by atoms with E-state index >= 15 is 0 Å². The molecule has 1 unspecified atom stereocenters. The molecule has 1 aliphatic heterocycles. The van der Waals surface area contributed by atoms with Crippen LogP contribution in [0, 0.1) is 11.3 Å². The predicted octanol–water partition coefficient (Wildman–Crippen LogP) is 1.10. The Bertz CT molecular complexity index is 255. The molecular weight excluding hydrogens is 181 g/mol. The van der Waals surface area contributed by atoms with Crippen LogP contribution in [-0.2, 0) is 0 Å². The van der Waals surface area contributed by atoms with E-state index in [1.165, 1.54) is 0 Å². The molecule has 3 nitrogen and oxygen atoms in total. The van der Waals surface area contributed by atoms with Gasteiger partial charge in [-0.2, -0.15) is 5.26 Å². The summed E-state index contributed by atoms with van der Waals surface area (Å²) in [5.41, 5.74) is 0.621. The monoisotopic (exact) mass is 197 g/mol. The second-order valence-electron chi connectivity index (χ2n) is 3.37. The van der Waals surface area contributed by atoms with Crippen LogP contribution in [0.1, 0.15) is 19.8 Å². The zero-order valence-electron chi connectivity index (χ0n) is 8.44. The molecule has 1 atom stereocenters. The zero-order chi connectivity index (χ0) is 10.4. The highest BCUT2D eigenvalue weighted by Crippen LogP contribution is 2.18. The maximum Gasteiger partial charge on any atom is 0.120 e. The second kappa shape index (κ2) is 5.74. The summed E-state index contributed by atoms with van der Waals surface area (Å²) in [5, 5.41) is 14.7. The molecule has 0 aromatic heterocycles. The first-order valence-electron chi connectivity index (χ1n) is 5.00. The van der Waals surface area contributed by atoms with Gasteiger partial charge in [-0.1, -0.05) is 6.92 Å². The molecular formula is C10H16FN3. The highest BCUT2D eigenvalue weighted by molar-refractivity contribution is 5.27. The molecule has 1 fully saturated rings. The van der Waals surface area contributed by atoms with Crippen LogP contribution in [0.25, 0.3) is 0 Å². The zero-order valence-corrected chi connectivity index (χ0v) is 8.44. The van der Waals surface area contributed by atoms with Gasteiger partial charge in [0.05, 0.1) is 6.07 Å². The van der Waals surface area contributed by atoms with Gasteiger partial charge in [-0.15, -0.1) is 0 Å². The molecule has 0 bridgehead atoms. The number of halogens is 1. The van der Waals surface area contributed by atoms with Gasteiger partial charge in [0, 0.05) is 13.1 Å². The third-order valence-electron chi connectivity index (χ3n) is 2.28. The summed E-state index contributed by atoms with van der Waals surface area (Å²) in [6, 6.07) is 1.63. The lowest BCUT2D eigenvalue weighted by molar-refractivity contribution is 0.552. The van der Waals surface area contributed by atoms with Crippen molar-refractivity contribution in [1.82, 2.24) is 10.6 Å². The van der Waals surface area contributed by atoms with Gasteiger partial charge in [0.2, 0.25) is 0 Å². The Balaban J connectivity index is 2.50. The summed E-state index contributed by atoms with van der Waals surface area (Å²) in [6.07, 6.45) is 1.64. The van der Waals surface area contributed by atoms with Crippen LogP contribution in [0.2, 0.25) is 0 Å². The van der Waals surface area contributed by atoms with E-state index in [4.69, 9.17) is 5.26 Å². The molecule has 0 amide bonds. The largest absolute Gasteiger partial charge is 0.311 e. The number of nitrogens with one attached hydrogen (secondary N) is 2. The number of hydrogen-bond donors (Lipinski definition) is 2. The number of hydrogen-bond acceptors (Lipinski definition) is 3. The second-order valence-corrected chi connectivity index (χ2v) is 3.37. The van der Waals surface area contributed by atoms with Crippen molar-refractivity contribution in [1.29, 1.82) is 5.26 Å². The normalized spacial score (nSPS) is 24.8. The van der Waals surface area contributed by atoms with E-state index < -0.39 is 6.04 Å². The fourth-order valence-corrected chi connectivity index (χ4v) is 1.52. The van der Waals surface area contributed by atoms with E-state index in [1.54, 1.807) is 0 Å². The molecule has 0 saturated carbocycles. The van der Waals surface area contributed by atoms with E-state index in [-0.39, 0.29) is 12.4 Å². The quantitative estimate of drug-likeness (QED) is 0.663. The molecule has 4 heteroatoms. The molecule has 0 aromatic rings. The molecule has 1 saturated heterocycles. The van der Waals surface area contributed by atoms with Crippen LogP contribution in [0.5, 0.6) is 0 Å². The van der Waals surface area contributed by atoms with E-state index in [2.05, 4.69) is 10.6 Å². The summed E-state index contributed by atoms with van der Waals surface area (Å²) >= 11 is 0. The van der Waals surface area contributed by atoms with E-state index in [0.717, 1.165) is 13.0 Å². The SMILES string of the molecule is CCCNC/C(F)=C1\CCNC1C#N. The molecule has 0 aliphatic carbocycles. The van der Waals surface area contributed by atoms with Crippen LogP contribution in [0.3, 0.4) is 0 Å². The predicted molar refractivity (Wildman–Crippen MR) is 53.3 cm³/mol. The van der Waals surface area contributed by atoms with Crippen LogP contribution in [0.15, 0.2) is 11.4 Å². The topological polar surface area (TPSA) is 47.8 Å². The van der Waals surface area contributed by atoms with Gasteiger partial charge in [-0.05, 0) is 25.0 Å². The lowest BCUT2D eigenvalue weighted by Gasteiger charge is -2.06. The van der Waals surface area contributed by atoms with Gasteiger partial charge in [0.15, 0.2) is 0 Å². The first-order valence-corrected chi connectivity index (χ1v) is 5.00. The fourth-order valence-electron chi connectivity index (χ4n) is 1.52. The van der Waals surface area contributed by atoms with Gasteiger partial charge in [0.25, 0.3) is 0 Å². The van der Waals surface area contributed by atoms with Crippen LogP contribution in [0.4, 0.5) is 4.39 Å². The Morgan fingerprint density at radius 3 is 3.21 bits per heavy atom. The van der Waals surface area contributed by atoms with E-state index in [1.807, 2.05) is 13.0 Å². The minimum absolute atomic E-state index is 0.171. The summed E-state index contributed by atoms with van der Waals surface area (Å²) in [4.78, 5) is 0. The third kappa shape index (κ3) is 2.79. The van der Waals surface area contributed by atoms with Crippen molar-refractivity contribution in [3.05, 3.63) is 11.4 Å². The maximum absolute atomic E-state index is 13.5. The molecule has 1 rings (SSSR count). The van der Waals surface area contributed by atoms with Crippen molar-refractivity contribution in [2.45, 2.75) is 25.8 Å². The molecule has 0 aromatic carbocycles. The Morgan fingerprint density at radius 2 is 2.57 bits per heavy atom. The van der Waals surface area contributed by atoms with Gasteiger partial charge >= 0.3 is 0 Å². The molecule has 0 radical (unpaired) electrons. The number of nitrogens with zero attached hydrogens (tertiary/aromatic N) is 1. The van der Waals surface area contributed by atoms with Crippen molar-refractivity contribution < 1.29 is 4.39 Å². The Kier molecular flexibility index (Phi) is 4.57. The van der Waals surface area contributed by atoms with Gasteiger partial charge in [0.1, 0.15) is 11.9 Å². The van der Waals surface area contributed by atoms with Crippen LogP contribution < -0.4 is 10.6 Å². The number of rotatable bonds is 4. The smallest absolute Gasteiger partial charge is 0.120 e. The average Bonchev–Trinajstić information content (AvgIpc) is 2.65. The fraction of sp³-hybridized carbons (Fsp3) is 0.700. The minimum Gasteiger partial charge on any atom is -0.311 e. The summed E-state index contributed by atoms with van der Waals surface area (Å²) in [5.74, 6) is -0.171. The molecule has 78 valence electrons. The molecule has 14 heavy (non-hydrogen) atoms. The first kappa shape index (κ1) is 11.2. The van der Waals surface area contributed by atoms with Crippen LogP contribution >= 0.6 is 0 Å². The molecule has 2 N–H and O–H groups in total. The minimum atomic E-state index is -0.418. The van der Waals surface area contributed by atoms with E-state index in [0.29, 0.717) is 18.5 Å². The maximum atomic E-state index is 13.5.